The molecule has 3 nitrogen and oxygen atoms in total. The Kier molecular flexibility index (Phi) is 4.64. The Labute approximate surface area is 156 Å². The molecule has 0 bridgehead atoms. The monoisotopic (exact) mass is 400 g/mol. The maximum absolute atomic E-state index is 13.0. The van der Waals surface area contributed by atoms with Gasteiger partial charge in [0.1, 0.15) is 11.9 Å². The minimum Gasteiger partial charge on any atom is -0.385 e. The van der Waals surface area contributed by atoms with Crippen molar-refractivity contribution in [3.8, 4) is 0 Å². The molecule has 148 valence electrons. The number of carbonyl (C=O) groups excluding carboxylic acids is 1. The van der Waals surface area contributed by atoms with E-state index in [-0.39, 0.29) is 22.5 Å². The van der Waals surface area contributed by atoms with E-state index in [1.807, 2.05) is 0 Å². The van der Waals surface area contributed by atoms with Gasteiger partial charge in [-0.05, 0) is 35.4 Å². The zero-order chi connectivity index (χ0) is 20.9. The molecule has 1 heterocycles. The fourth-order valence-corrected chi connectivity index (χ4v) is 3.16. The van der Waals surface area contributed by atoms with Gasteiger partial charge < -0.3 is 10.6 Å². The van der Waals surface area contributed by atoms with Gasteiger partial charge in [0, 0.05) is 7.05 Å². The molecule has 1 aliphatic rings. The van der Waals surface area contributed by atoms with Gasteiger partial charge in [-0.1, -0.05) is 24.3 Å². The van der Waals surface area contributed by atoms with Gasteiger partial charge in [-0.2, -0.15) is 26.3 Å². The molecular formula is C19H14F6N2O. The molecule has 0 aromatic heterocycles. The molecule has 1 atom stereocenters. The van der Waals surface area contributed by atoms with Crippen LogP contribution in [0.2, 0.25) is 0 Å². The first kappa shape index (κ1) is 19.8. The number of likely N-dealkylation sites (N-methyl/N-ethyl adjacent to an activating group) is 1. The molecule has 28 heavy (non-hydrogen) atoms. The number of nitrogens with zero attached hydrogens (tertiary/aromatic N) is 1. The largest absolute Gasteiger partial charge is 0.416 e. The molecule has 0 radical (unpaired) electrons. The minimum atomic E-state index is -4.61. The Morgan fingerprint density at radius 3 is 2.00 bits per heavy atom. The van der Waals surface area contributed by atoms with Gasteiger partial charge in [-0.25, -0.2) is 0 Å². The number of ketones is 1. The highest BCUT2D eigenvalue weighted by Crippen LogP contribution is 2.40. The summed E-state index contributed by atoms with van der Waals surface area (Å²) in [4.78, 5) is 14.2. The second kappa shape index (κ2) is 6.57. The third kappa shape index (κ3) is 3.44. The minimum absolute atomic E-state index is 0.0429. The van der Waals surface area contributed by atoms with Crippen molar-refractivity contribution in [1.82, 2.24) is 4.90 Å². The van der Waals surface area contributed by atoms with Crippen LogP contribution in [0.1, 0.15) is 28.3 Å². The van der Waals surface area contributed by atoms with E-state index in [4.69, 9.17) is 5.73 Å². The maximum atomic E-state index is 13.0. The quantitative estimate of drug-likeness (QED) is 0.750. The van der Waals surface area contributed by atoms with Crippen LogP contribution in [0.4, 0.5) is 26.3 Å². The summed E-state index contributed by atoms with van der Waals surface area (Å²) in [6.45, 7) is 0. The van der Waals surface area contributed by atoms with E-state index in [9.17, 15) is 31.1 Å². The molecule has 1 unspecified atom stereocenters. The molecule has 0 saturated heterocycles. The molecule has 0 fully saturated rings. The molecule has 2 aromatic rings. The third-order valence-electron chi connectivity index (χ3n) is 4.53. The number of halogens is 6. The van der Waals surface area contributed by atoms with Gasteiger partial charge in [-0.15, -0.1) is 0 Å². The average Bonchev–Trinajstić information content (AvgIpc) is 2.83. The van der Waals surface area contributed by atoms with Gasteiger partial charge in [0.25, 0.3) is 0 Å². The van der Waals surface area contributed by atoms with Gasteiger partial charge in [-0.3, -0.25) is 4.79 Å². The first-order valence-corrected chi connectivity index (χ1v) is 8.03. The van der Waals surface area contributed by atoms with E-state index >= 15 is 0 Å². The van der Waals surface area contributed by atoms with Crippen molar-refractivity contribution in [2.45, 2.75) is 18.4 Å². The molecule has 2 N–H and O–H groups in total. The number of hydrogen-bond acceptors (Lipinski definition) is 3. The van der Waals surface area contributed by atoms with E-state index in [0.29, 0.717) is 0 Å². The van der Waals surface area contributed by atoms with Crippen molar-refractivity contribution in [3.63, 3.8) is 0 Å². The predicted molar refractivity (Wildman–Crippen MR) is 89.5 cm³/mol. The molecule has 3 rings (SSSR count). The number of rotatable bonds is 2. The summed E-state index contributed by atoms with van der Waals surface area (Å²) >= 11 is 0. The number of Topliss-reactive ketones (excluding diaryl/α,β-unsaturated/α-hetero) is 1. The highest BCUT2D eigenvalue weighted by molar-refractivity contribution is 6.26. The van der Waals surface area contributed by atoms with E-state index in [1.165, 1.54) is 24.1 Å². The number of carbonyl (C=O) groups is 1. The van der Waals surface area contributed by atoms with E-state index < -0.39 is 35.3 Å². The average molecular weight is 400 g/mol. The number of benzene rings is 2. The fraction of sp³-hybridized carbons (Fsp3) is 0.211. The van der Waals surface area contributed by atoms with Gasteiger partial charge >= 0.3 is 12.4 Å². The van der Waals surface area contributed by atoms with Crippen LogP contribution >= 0.6 is 0 Å². The lowest BCUT2D eigenvalue weighted by Crippen LogP contribution is -2.26. The highest BCUT2D eigenvalue weighted by Gasteiger charge is 2.40. The molecule has 0 spiro atoms. The summed E-state index contributed by atoms with van der Waals surface area (Å²) in [5.74, 6) is -0.773. The lowest BCUT2D eigenvalue weighted by molar-refractivity contribution is -0.138. The molecule has 0 saturated carbocycles. The third-order valence-corrected chi connectivity index (χ3v) is 4.53. The first-order valence-electron chi connectivity index (χ1n) is 8.03. The Morgan fingerprint density at radius 1 is 0.893 bits per heavy atom. The summed E-state index contributed by atoms with van der Waals surface area (Å²) in [7, 11) is 1.40. The van der Waals surface area contributed by atoms with Crippen molar-refractivity contribution in [3.05, 3.63) is 76.6 Å². The van der Waals surface area contributed by atoms with Crippen LogP contribution in [-0.2, 0) is 17.1 Å². The molecule has 0 aliphatic carbocycles. The molecule has 1 aliphatic heterocycles. The summed E-state index contributed by atoms with van der Waals surface area (Å²) in [5, 5.41) is 0. The lowest BCUT2D eigenvalue weighted by Gasteiger charge is -2.22. The molecule has 2 aromatic carbocycles. The zero-order valence-corrected chi connectivity index (χ0v) is 14.4. The Bertz CT molecular complexity index is 961. The summed E-state index contributed by atoms with van der Waals surface area (Å²) in [6.07, 6.45) is -9.21. The summed E-state index contributed by atoms with van der Waals surface area (Å²) in [6, 6.07) is 7.15. The normalized spacial score (nSPS) is 18.2. The van der Waals surface area contributed by atoms with Crippen LogP contribution in [0.25, 0.3) is 5.57 Å². The molecular weight excluding hydrogens is 386 g/mol. The van der Waals surface area contributed by atoms with Crippen LogP contribution < -0.4 is 5.73 Å². The van der Waals surface area contributed by atoms with Crippen molar-refractivity contribution >= 4 is 11.4 Å². The van der Waals surface area contributed by atoms with Crippen LogP contribution in [0.3, 0.4) is 0 Å². The SMILES string of the molecule is CN1C(N)=C(c2cccc(C(F)(F)F)c2)C(=O)C1c1cccc(C(F)(F)F)c1. The second-order valence-electron chi connectivity index (χ2n) is 6.34. The van der Waals surface area contributed by atoms with Crippen LogP contribution in [-0.4, -0.2) is 17.7 Å². The van der Waals surface area contributed by atoms with Crippen LogP contribution in [0.15, 0.2) is 54.4 Å². The molecule has 0 amide bonds. The van der Waals surface area contributed by atoms with E-state index in [0.717, 1.165) is 36.4 Å². The zero-order valence-electron chi connectivity index (χ0n) is 14.4. The lowest BCUT2D eigenvalue weighted by atomic mass is 9.94. The maximum Gasteiger partial charge on any atom is 0.416 e. The fourth-order valence-electron chi connectivity index (χ4n) is 3.16. The van der Waals surface area contributed by atoms with E-state index in [2.05, 4.69) is 0 Å². The van der Waals surface area contributed by atoms with Gasteiger partial charge in [0.15, 0.2) is 5.78 Å². The Morgan fingerprint density at radius 2 is 1.43 bits per heavy atom. The van der Waals surface area contributed by atoms with Crippen LogP contribution in [0, 0.1) is 0 Å². The number of hydrogen-bond donors (Lipinski definition) is 1. The smallest absolute Gasteiger partial charge is 0.385 e. The Balaban J connectivity index is 2.03. The van der Waals surface area contributed by atoms with E-state index in [1.54, 1.807) is 0 Å². The Hall–Kier alpha value is -2.97. The van der Waals surface area contributed by atoms with Crippen LogP contribution in [0.5, 0.6) is 0 Å². The summed E-state index contributed by atoms with van der Waals surface area (Å²) in [5.41, 5.74) is 3.90. The van der Waals surface area contributed by atoms with Gasteiger partial charge in [0.2, 0.25) is 0 Å². The van der Waals surface area contributed by atoms with Crippen molar-refractivity contribution in [2.24, 2.45) is 5.73 Å². The highest BCUT2D eigenvalue weighted by atomic mass is 19.4. The summed E-state index contributed by atoms with van der Waals surface area (Å²) < 4.78 is 77.9. The first-order chi connectivity index (χ1) is 12.9. The molecule has 9 heteroatoms. The second-order valence-corrected chi connectivity index (χ2v) is 6.34. The van der Waals surface area contributed by atoms with Crippen molar-refractivity contribution < 1.29 is 31.1 Å². The van der Waals surface area contributed by atoms with Crippen molar-refractivity contribution in [1.29, 1.82) is 0 Å². The number of nitrogens with two attached hydrogens (primary N) is 1. The van der Waals surface area contributed by atoms with Crippen molar-refractivity contribution in [2.75, 3.05) is 7.05 Å². The standard InChI is InChI=1S/C19H14F6N2O/c1-27-15(11-5-3-7-13(9-11)19(23,24)25)16(28)14(17(27)26)10-4-2-6-12(8-10)18(20,21)22/h2-9,15H,26H2,1H3. The van der Waals surface area contributed by atoms with Gasteiger partial charge in [0.05, 0.1) is 16.7 Å². The predicted octanol–water partition coefficient (Wildman–Crippen LogP) is 4.61. The topological polar surface area (TPSA) is 46.3 Å². The number of alkyl halides is 6.